The van der Waals surface area contributed by atoms with Gasteiger partial charge in [0.15, 0.2) is 0 Å². The van der Waals surface area contributed by atoms with E-state index in [0.29, 0.717) is 6.42 Å². The number of rotatable bonds is 11. The van der Waals surface area contributed by atoms with E-state index in [1.807, 2.05) is 18.6 Å². The summed E-state index contributed by atoms with van der Waals surface area (Å²) in [6, 6.07) is 36.9. The molecule has 0 bridgehead atoms. The van der Waals surface area contributed by atoms with Crippen molar-refractivity contribution in [2.45, 2.75) is 58.5 Å². The van der Waals surface area contributed by atoms with Crippen molar-refractivity contribution in [3.05, 3.63) is 173 Å². The lowest BCUT2D eigenvalue weighted by atomic mass is 9.77. The standard InChI is InChI=1S/C41H41FN6/c1-40(2,3)26-39-46-45-38(24-30-27-43-37-25-34(42)21-22-36(30)37)48(39)23-13-20-35-28-47(29-44-35)41(31-14-7-4-8-15-31,32-16-9-5-10-17-32)33-18-11-6-12-19-33/h4-12,14-19,21-22,25,27-29,43H,13,20,23-24,26H2,1-3H3. The van der Waals surface area contributed by atoms with E-state index in [2.05, 4.69) is 142 Å². The van der Waals surface area contributed by atoms with Gasteiger partial charge in [0.25, 0.3) is 0 Å². The third-order valence-electron chi connectivity index (χ3n) is 9.08. The van der Waals surface area contributed by atoms with E-state index in [-0.39, 0.29) is 11.2 Å². The van der Waals surface area contributed by atoms with Crippen LogP contribution in [-0.2, 0) is 31.3 Å². The van der Waals surface area contributed by atoms with Crippen molar-refractivity contribution in [3.63, 3.8) is 0 Å². The number of H-pyrrole nitrogens is 1. The van der Waals surface area contributed by atoms with Crippen LogP contribution < -0.4 is 0 Å². The second kappa shape index (κ2) is 13.1. The summed E-state index contributed by atoms with van der Waals surface area (Å²) in [6.45, 7) is 7.46. The first-order chi connectivity index (χ1) is 23.3. The van der Waals surface area contributed by atoms with Crippen LogP contribution in [0, 0.1) is 11.2 Å². The summed E-state index contributed by atoms with van der Waals surface area (Å²) in [7, 11) is 0. The van der Waals surface area contributed by atoms with Gasteiger partial charge in [0.2, 0.25) is 0 Å². The number of hydrogen-bond donors (Lipinski definition) is 1. The van der Waals surface area contributed by atoms with Crippen LogP contribution >= 0.6 is 0 Å². The number of nitrogens with one attached hydrogen (secondary N) is 1. The average Bonchev–Trinajstić information content (AvgIpc) is 3.82. The van der Waals surface area contributed by atoms with Crippen LogP contribution in [0.3, 0.4) is 0 Å². The fraction of sp³-hybridized carbons (Fsp3) is 0.244. The number of halogens is 1. The third kappa shape index (κ3) is 6.20. The van der Waals surface area contributed by atoms with Crippen LogP contribution in [0.15, 0.2) is 128 Å². The molecule has 0 aliphatic heterocycles. The molecule has 0 atom stereocenters. The van der Waals surface area contributed by atoms with Crippen LogP contribution in [-0.4, -0.2) is 29.3 Å². The van der Waals surface area contributed by atoms with Gasteiger partial charge in [-0.05, 0) is 58.7 Å². The summed E-state index contributed by atoms with van der Waals surface area (Å²) in [5.41, 5.74) is 5.91. The van der Waals surface area contributed by atoms with Gasteiger partial charge >= 0.3 is 0 Å². The molecule has 0 aliphatic carbocycles. The number of imidazole rings is 1. The lowest BCUT2D eigenvalue weighted by Crippen LogP contribution is -2.36. The van der Waals surface area contributed by atoms with Crippen LogP contribution in [0.2, 0.25) is 0 Å². The highest BCUT2D eigenvalue weighted by molar-refractivity contribution is 5.83. The van der Waals surface area contributed by atoms with E-state index in [4.69, 9.17) is 4.98 Å². The maximum Gasteiger partial charge on any atom is 0.137 e. The van der Waals surface area contributed by atoms with Crippen molar-refractivity contribution in [2.24, 2.45) is 5.41 Å². The molecule has 0 amide bonds. The van der Waals surface area contributed by atoms with Gasteiger partial charge in [0.05, 0.1) is 12.0 Å². The van der Waals surface area contributed by atoms with Crippen molar-refractivity contribution >= 4 is 10.9 Å². The minimum absolute atomic E-state index is 0.0643. The maximum atomic E-state index is 13.9. The second-order valence-electron chi connectivity index (χ2n) is 13.8. The summed E-state index contributed by atoms with van der Waals surface area (Å²) in [5, 5.41) is 10.3. The van der Waals surface area contributed by atoms with Crippen molar-refractivity contribution in [1.82, 2.24) is 29.3 Å². The van der Waals surface area contributed by atoms with E-state index in [1.165, 1.54) is 28.8 Å². The molecule has 3 aromatic heterocycles. The number of aryl methyl sites for hydroxylation is 1. The zero-order valence-electron chi connectivity index (χ0n) is 27.8. The molecule has 7 aromatic rings. The van der Waals surface area contributed by atoms with Crippen molar-refractivity contribution in [2.75, 3.05) is 0 Å². The number of fused-ring (bicyclic) bond motifs is 1. The highest BCUT2D eigenvalue weighted by atomic mass is 19.1. The topological polar surface area (TPSA) is 64.3 Å². The Morgan fingerprint density at radius 2 is 1.35 bits per heavy atom. The molecule has 3 heterocycles. The van der Waals surface area contributed by atoms with Gasteiger partial charge < -0.3 is 14.1 Å². The molecule has 0 fully saturated rings. The van der Waals surface area contributed by atoms with Crippen molar-refractivity contribution in [1.29, 1.82) is 0 Å². The Balaban J connectivity index is 1.19. The van der Waals surface area contributed by atoms with Gasteiger partial charge in [0.1, 0.15) is 23.0 Å². The molecule has 7 rings (SSSR count). The highest BCUT2D eigenvalue weighted by Gasteiger charge is 2.38. The van der Waals surface area contributed by atoms with E-state index >= 15 is 0 Å². The Labute approximate surface area is 281 Å². The molecule has 242 valence electrons. The van der Waals surface area contributed by atoms with E-state index in [0.717, 1.165) is 59.6 Å². The highest BCUT2D eigenvalue weighted by Crippen LogP contribution is 2.40. The van der Waals surface area contributed by atoms with E-state index in [1.54, 1.807) is 0 Å². The van der Waals surface area contributed by atoms with Gasteiger partial charge in [-0.15, -0.1) is 10.2 Å². The van der Waals surface area contributed by atoms with Gasteiger partial charge in [0, 0.05) is 42.7 Å². The Bertz CT molecular complexity index is 2010. The summed E-state index contributed by atoms with van der Waals surface area (Å²) >= 11 is 0. The van der Waals surface area contributed by atoms with Gasteiger partial charge in [-0.1, -0.05) is 112 Å². The molecule has 7 heteroatoms. The monoisotopic (exact) mass is 636 g/mol. The quantitative estimate of drug-likeness (QED) is 0.144. The Kier molecular flexibility index (Phi) is 8.52. The zero-order chi connectivity index (χ0) is 33.1. The summed E-state index contributed by atoms with van der Waals surface area (Å²) < 4.78 is 18.4. The summed E-state index contributed by atoms with van der Waals surface area (Å²) in [4.78, 5) is 8.19. The molecule has 6 nitrogen and oxygen atoms in total. The van der Waals surface area contributed by atoms with E-state index < -0.39 is 5.54 Å². The number of aromatic amines is 1. The van der Waals surface area contributed by atoms with Gasteiger partial charge in [-0.3, -0.25) is 0 Å². The van der Waals surface area contributed by atoms with Crippen molar-refractivity contribution in [3.8, 4) is 0 Å². The minimum atomic E-state index is -0.585. The molecule has 0 unspecified atom stereocenters. The Morgan fingerprint density at radius 1 is 0.750 bits per heavy atom. The predicted octanol–water partition coefficient (Wildman–Crippen LogP) is 8.75. The largest absolute Gasteiger partial charge is 0.361 e. The van der Waals surface area contributed by atoms with E-state index in [9.17, 15) is 4.39 Å². The molecule has 4 aromatic carbocycles. The first-order valence-electron chi connectivity index (χ1n) is 16.7. The average molecular weight is 637 g/mol. The number of hydrogen-bond acceptors (Lipinski definition) is 3. The zero-order valence-corrected chi connectivity index (χ0v) is 27.8. The van der Waals surface area contributed by atoms with Gasteiger partial charge in [-0.2, -0.15) is 0 Å². The van der Waals surface area contributed by atoms with Crippen molar-refractivity contribution < 1.29 is 4.39 Å². The third-order valence-corrected chi connectivity index (χ3v) is 9.08. The Hall–Kier alpha value is -5.30. The molecule has 48 heavy (non-hydrogen) atoms. The number of nitrogens with zero attached hydrogens (tertiary/aromatic N) is 5. The SMILES string of the molecule is CC(C)(C)Cc1nnc(Cc2c[nH]c3cc(F)ccc23)n1CCCc1cn(C(c2ccccc2)(c2ccccc2)c2ccccc2)cn1. The molecule has 0 radical (unpaired) electrons. The van der Waals surface area contributed by atoms with Gasteiger partial charge in [-0.25, -0.2) is 9.37 Å². The van der Waals surface area contributed by atoms with Crippen LogP contribution in [0.4, 0.5) is 4.39 Å². The minimum Gasteiger partial charge on any atom is -0.361 e. The Morgan fingerprint density at radius 3 is 1.96 bits per heavy atom. The second-order valence-corrected chi connectivity index (χ2v) is 13.8. The molecular weight excluding hydrogens is 595 g/mol. The fourth-order valence-electron chi connectivity index (χ4n) is 6.92. The van der Waals surface area contributed by atoms with Crippen LogP contribution in [0.1, 0.15) is 66.8 Å². The number of benzene rings is 4. The molecule has 0 saturated carbocycles. The number of aromatic nitrogens is 6. The lowest BCUT2D eigenvalue weighted by molar-refractivity contribution is 0.389. The normalized spacial score (nSPS) is 12.2. The first-order valence-corrected chi connectivity index (χ1v) is 16.7. The summed E-state index contributed by atoms with van der Waals surface area (Å²) in [5.74, 6) is 1.66. The maximum absolute atomic E-state index is 13.9. The molecule has 0 saturated heterocycles. The summed E-state index contributed by atoms with van der Waals surface area (Å²) in [6.07, 6.45) is 9.27. The predicted molar refractivity (Wildman–Crippen MR) is 189 cm³/mol. The molecular formula is C41H41FN6. The lowest BCUT2D eigenvalue weighted by Gasteiger charge is -2.37. The molecule has 1 N–H and O–H groups in total. The van der Waals surface area contributed by atoms with Crippen LogP contribution in [0.25, 0.3) is 10.9 Å². The molecule has 0 aliphatic rings. The fourth-order valence-corrected chi connectivity index (χ4v) is 6.92. The molecule has 0 spiro atoms. The van der Waals surface area contributed by atoms with Crippen LogP contribution in [0.5, 0.6) is 0 Å². The smallest absolute Gasteiger partial charge is 0.137 e. The first kappa shape index (κ1) is 31.3.